The molecule has 4 aliphatic heterocycles. The lowest BCUT2D eigenvalue weighted by molar-refractivity contribution is -0.224. The maximum absolute atomic E-state index is 14.4. The normalized spacial score (nSPS) is 39.3. The van der Waals surface area contributed by atoms with E-state index in [9.17, 15) is 14.7 Å². The van der Waals surface area contributed by atoms with Crippen molar-refractivity contribution in [3.05, 3.63) is 41.0 Å². The van der Waals surface area contributed by atoms with Gasteiger partial charge >= 0.3 is 5.97 Å². The number of fused-ring (bicyclic) bond motifs is 6. The fraction of sp³-hybridized carbons (Fsp3) is 0.773. The monoisotopic (exact) mass is 748 g/mol. The van der Waals surface area contributed by atoms with Crippen LogP contribution in [0.5, 0.6) is 0 Å². The van der Waals surface area contributed by atoms with Crippen LogP contribution in [0.3, 0.4) is 0 Å². The van der Waals surface area contributed by atoms with Gasteiger partial charge in [0.05, 0.1) is 24.9 Å². The Labute approximate surface area is 322 Å². The number of carbonyl (C=O) groups is 2. The van der Waals surface area contributed by atoms with Gasteiger partial charge in [-0.15, -0.1) is 0 Å². The Bertz CT molecular complexity index is 1590. The first-order valence-corrected chi connectivity index (χ1v) is 21.3. The molecule has 3 aliphatic carbocycles. The van der Waals surface area contributed by atoms with Gasteiger partial charge in [-0.25, -0.2) is 0 Å². The highest BCUT2D eigenvalue weighted by atomic mass is 16.8. The predicted molar refractivity (Wildman–Crippen MR) is 204 cm³/mol. The van der Waals surface area contributed by atoms with E-state index in [4.69, 9.17) is 23.8 Å². The highest BCUT2D eigenvalue weighted by molar-refractivity contribution is 5.93. The summed E-state index contributed by atoms with van der Waals surface area (Å²) >= 11 is 0. The number of aliphatic hydroxyl groups is 1. The van der Waals surface area contributed by atoms with Gasteiger partial charge in [-0.05, 0) is 80.2 Å². The minimum absolute atomic E-state index is 0.0260. The molecule has 8 rings (SSSR count). The lowest BCUT2D eigenvalue weighted by Gasteiger charge is -2.53. The molecule has 4 saturated heterocycles. The first-order valence-electron chi connectivity index (χ1n) is 21.3. The van der Waals surface area contributed by atoms with Crippen LogP contribution in [0.15, 0.2) is 29.8 Å². The zero-order valence-corrected chi connectivity index (χ0v) is 33.3. The molecule has 1 amide bonds. The first-order chi connectivity index (χ1) is 26.0. The summed E-state index contributed by atoms with van der Waals surface area (Å²) in [7, 11) is 0. The van der Waals surface area contributed by atoms with E-state index >= 15 is 0 Å². The third-order valence-electron chi connectivity index (χ3n) is 14.5. The average molecular weight is 749 g/mol. The van der Waals surface area contributed by atoms with Crippen molar-refractivity contribution >= 4 is 18.0 Å². The number of hydrogen-bond donors (Lipinski definition) is 2. The summed E-state index contributed by atoms with van der Waals surface area (Å²) in [4.78, 5) is 35.6. The predicted octanol–water partition coefficient (Wildman–Crippen LogP) is 7.01. The van der Waals surface area contributed by atoms with Gasteiger partial charge in [0.2, 0.25) is 5.91 Å². The Morgan fingerprint density at radius 3 is 2.44 bits per heavy atom. The second-order valence-corrected chi connectivity index (χ2v) is 18.5. The van der Waals surface area contributed by atoms with Gasteiger partial charge in [-0.2, -0.15) is 5.06 Å². The number of rotatable bonds is 14. The molecule has 3 saturated carbocycles. The molecule has 2 bridgehead atoms. The van der Waals surface area contributed by atoms with Crippen LogP contribution in [0.1, 0.15) is 136 Å². The van der Waals surface area contributed by atoms with Gasteiger partial charge < -0.3 is 29.4 Å². The maximum Gasteiger partial charge on any atom is 0.327 e. The second-order valence-electron chi connectivity index (χ2n) is 18.5. The smallest absolute Gasteiger partial charge is 0.327 e. The molecule has 7 aliphatic rings. The summed E-state index contributed by atoms with van der Waals surface area (Å²) in [6, 6.07) is 7.41. The van der Waals surface area contributed by atoms with Gasteiger partial charge in [0.15, 0.2) is 11.8 Å². The standard InChI is InChI=1S/C44H64N2O8/c1-6-8-12-19-43(20-13-9-7-2)52-35-33-26-44(40(49)45-22-23-47)37(39(48)50-33)46(54-38(44)36(35)53-43)27-30-15-11-10-14-28(30)24-29-16-17-34-42(5,51-34)21-18-32-31(29)25-41(32,3)4/h10-11,14-15,24,31-38,47H,6-9,12-13,16-23,25-27H2,1-5H3,(H,45,49)/t31-,32-,33?,34?,35+,36+,37+,38-,42-,44?/m1/s1. The summed E-state index contributed by atoms with van der Waals surface area (Å²) in [6.07, 6.45) is 13.8. The zero-order valence-electron chi connectivity index (χ0n) is 33.3. The molecule has 10 atom stereocenters. The van der Waals surface area contributed by atoms with Crippen LogP contribution in [-0.2, 0) is 39.9 Å². The Balaban J connectivity index is 1.11. The number of epoxide rings is 1. The molecule has 10 nitrogen and oxygen atoms in total. The molecule has 4 heterocycles. The number of carbonyl (C=O) groups excluding carboxylic acids is 2. The second kappa shape index (κ2) is 14.9. The Hall–Kier alpha value is -2.34. The number of nitrogens with zero attached hydrogens (tertiary/aromatic N) is 1. The summed E-state index contributed by atoms with van der Waals surface area (Å²) in [5.41, 5.74) is 2.71. The molecule has 0 spiro atoms. The SMILES string of the molecule is CCCCCC1(CCCCC)O[C@@H]2[C@H]3ON(Cc4ccccc4C=C4CCC5O[C@]5(C)CC[C@@H]5[C@@H]4CC5(C)C)[C@H]4C(=O)OC(CC34C(=O)NCCO)[C@@H]2O1. The molecule has 1 aromatic carbocycles. The fourth-order valence-corrected chi connectivity index (χ4v) is 11.4. The Morgan fingerprint density at radius 2 is 1.72 bits per heavy atom. The zero-order chi connectivity index (χ0) is 37.9. The Kier molecular flexibility index (Phi) is 10.6. The quantitative estimate of drug-likeness (QED) is 0.118. The van der Waals surface area contributed by atoms with Crippen molar-refractivity contribution in [1.82, 2.24) is 10.4 Å². The maximum atomic E-state index is 14.4. The van der Waals surface area contributed by atoms with Gasteiger partial charge in [0, 0.05) is 25.8 Å². The summed E-state index contributed by atoms with van der Waals surface area (Å²) < 4.78 is 26.4. The number of hydroxylamine groups is 2. The molecule has 0 aromatic heterocycles. The van der Waals surface area contributed by atoms with E-state index in [0.29, 0.717) is 29.9 Å². The van der Waals surface area contributed by atoms with Crippen LogP contribution >= 0.6 is 0 Å². The number of benzene rings is 1. The lowest BCUT2D eigenvalue weighted by atomic mass is 9.52. The number of unbranched alkanes of at least 4 members (excludes halogenated alkanes) is 4. The minimum atomic E-state index is -1.25. The van der Waals surface area contributed by atoms with Gasteiger partial charge in [0.1, 0.15) is 29.8 Å². The molecule has 54 heavy (non-hydrogen) atoms. The first kappa shape index (κ1) is 38.5. The van der Waals surface area contributed by atoms with E-state index < -0.39 is 47.6 Å². The van der Waals surface area contributed by atoms with E-state index in [2.05, 4.69) is 64.2 Å². The molecular weight excluding hydrogens is 684 g/mol. The fourth-order valence-electron chi connectivity index (χ4n) is 11.4. The third kappa shape index (κ3) is 6.68. The average Bonchev–Trinajstić information content (AvgIpc) is 3.43. The van der Waals surface area contributed by atoms with Crippen molar-refractivity contribution in [2.75, 3.05) is 13.2 Å². The van der Waals surface area contributed by atoms with E-state index in [1.54, 1.807) is 5.06 Å². The molecule has 0 radical (unpaired) electrons. The molecule has 10 heteroatoms. The molecule has 2 N–H and O–H groups in total. The van der Waals surface area contributed by atoms with Crippen molar-refractivity contribution in [3.63, 3.8) is 0 Å². The molecule has 1 aromatic rings. The number of ether oxygens (including phenoxy) is 4. The molecule has 298 valence electrons. The van der Waals surface area contributed by atoms with Crippen molar-refractivity contribution in [2.24, 2.45) is 22.7 Å². The summed E-state index contributed by atoms with van der Waals surface area (Å²) in [5, 5.41) is 14.4. The minimum Gasteiger partial charge on any atom is -0.458 e. The van der Waals surface area contributed by atoms with E-state index in [0.717, 1.165) is 81.8 Å². The molecule has 3 unspecified atom stereocenters. The van der Waals surface area contributed by atoms with E-state index in [1.165, 1.54) is 18.4 Å². The summed E-state index contributed by atoms with van der Waals surface area (Å²) in [5.74, 6) is -0.412. The van der Waals surface area contributed by atoms with Crippen LogP contribution in [0.2, 0.25) is 0 Å². The van der Waals surface area contributed by atoms with E-state index in [1.807, 2.05) is 6.07 Å². The molecular formula is C44H64N2O8. The topological polar surface area (TPSA) is 119 Å². The highest BCUT2D eigenvalue weighted by Gasteiger charge is 2.76. The largest absolute Gasteiger partial charge is 0.458 e. The van der Waals surface area contributed by atoms with Crippen LogP contribution in [-0.4, -0.2) is 83.1 Å². The van der Waals surface area contributed by atoms with Gasteiger partial charge in [-0.3, -0.25) is 14.4 Å². The van der Waals surface area contributed by atoms with Gasteiger partial charge in [0.25, 0.3) is 0 Å². The number of nitrogens with one attached hydrogen (secondary N) is 1. The number of amides is 1. The number of esters is 1. The van der Waals surface area contributed by atoms with Crippen LogP contribution in [0.4, 0.5) is 0 Å². The van der Waals surface area contributed by atoms with Gasteiger partial charge in [-0.1, -0.05) is 89.3 Å². The summed E-state index contributed by atoms with van der Waals surface area (Å²) in [6.45, 7) is 11.7. The van der Waals surface area contributed by atoms with Crippen LogP contribution < -0.4 is 5.32 Å². The van der Waals surface area contributed by atoms with E-state index in [-0.39, 0.29) is 31.1 Å². The van der Waals surface area contributed by atoms with Crippen LogP contribution in [0, 0.1) is 22.7 Å². The molecule has 7 fully saturated rings. The van der Waals surface area contributed by atoms with Crippen molar-refractivity contribution in [2.45, 2.75) is 179 Å². The Morgan fingerprint density at radius 1 is 0.981 bits per heavy atom. The highest BCUT2D eigenvalue weighted by Crippen LogP contribution is 2.61. The number of aliphatic hydroxyl groups excluding tert-OH is 1. The third-order valence-corrected chi connectivity index (χ3v) is 14.5. The number of allylic oxidation sites excluding steroid dienone is 1. The van der Waals surface area contributed by atoms with Crippen LogP contribution in [0.25, 0.3) is 6.08 Å². The van der Waals surface area contributed by atoms with Crippen molar-refractivity contribution in [3.8, 4) is 0 Å². The van der Waals surface area contributed by atoms with Crippen molar-refractivity contribution in [1.29, 1.82) is 0 Å². The number of hydrogen-bond acceptors (Lipinski definition) is 9. The van der Waals surface area contributed by atoms with Crippen molar-refractivity contribution < 1.29 is 38.5 Å². The lowest BCUT2D eigenvalue weighted by Crippen LogP contribution is -2.69.